The van der Waals surface area contributed by atoms with E-state index in [-0.39, 0.29) is 5.54 Å². The second-order valence-corrected chi connectivity index (χ2v) is 8.13. The average molecular weight is 259 g/mol. The molecule has 0 aromatic heterocycles. The lowest BCUT2D eigenvalue weighted by Gasteiger charge is -2.56. The Kier molecular flexibility index (Phi) is 2.68. The Balaban J connectivity index is 1.70. The molecule has 2 N–H and O–H groups in total. The van der Waals surface area contributed by atoms with Crippen molar-refractivity contribution in [3.63, 3.8) is 0 Å². The highest BCUT2D eigenvalue weighted by Gasteiger charge is 2.55. The van der Waals surface area contributed by atoms with Gasteiger partial charge >= 0.3 is 0 Å². The van der Waals surface area contributed by atoms with Gasteiger partial charge in [-0.3, -0.25) is 0 Å². The van der Waals surface area contributed by atoms with E-state index in [1.54, 1.807) is 0 Å². The first-order chi connectivity index (χ1) is 9.13. The lowest BCUT2D eigenvalue weighted by molar-refractivity contribution is 0.00273. The van der Waals surface area contributed by atoms with Gasteiger partial charge in [-0.25, -0.2) is 0 Å². The van der Waals surface area contributed by atoms with Crippen LogP contribution in [0, 0.1) is 23.2 Å². The summed E-state index contributed by atoms with van der Waals surface area (Å²) in [6.45, 7) is 2.59. The summed E-state index contributed by atoms with van der Waals surface area (Å²) in [5, 5.41) is 0. The van der Waals surface area contributed by atoms with Gasteiger partial charge in [0.05, 0.1) is 0 Å². The van der Waals surface area contributed by atoms with Crippen LogP contribution in [0.2, 0.25) is 0 Å². The SMILES string of the molecule is C[C@]12CCCCC1=CC[C@H]1[C@@H]3CCC[C@@]3(N)CC[C@@H]12. The zero-order valence-corrected chi connectivity index (χ0v) is 12.5. The molecule has 0 radical (unpaired) electrons. The second-order valence-electron chi connectivity index (χ2n) is 8.13. The molecule has 0 saturated heterocycles. The molecular weight excluding hydrogens is 230 g/mol. The van der Waals surface area contributed by atoms with E-state index in [9.17, 15) is 0 Å². The van der Waals surface area contributed by atoms with Gasteiger partial charge in [-0.15, -0.1) is 0 Å². The molecule has 0 unspecified atom stereocenters. The second kappa shape index (κ2) is 4.10. The number of fused-ring (bicyclic) bond motifs is 5. The van der Waals surface area contributed by atoms with Crippen LogP contribution in [-0.4, -0.2) is 5.54 Å². The van der Waals surface area contributed by atoms with Crippen LogP contribution >= 0.6 is 0 Å². The smallest absolute Gasteiger partial charge is 0.0185 e. The summed E-state index contributed by atoms with van der Waals surface area (Å²) in [6.07, 6.45) is 16.5. The monoisotopic (exact) mass is 259 g/mol. The van der Waals surface area contributed by atoms with Crippen molar-refractivity contribution in [2.45, 2.75) is 76.7 Å². The molecule has 1 heteroatoms. The van der Waals surface area contributed by atoms with Crippen LogP contribution in [0.15, 0.2) is 11.6 Å². The van der Waals surface area contributed by atoms with Crippen molar-refractivity contribution in [1.29, 1.82) is 0 Å². The van der Waals surface area contributed by atoms with Gasteiger partial charge in [-0.05, 0) is 74.5 Å². The minimum absolute atomic E-state index is 0.220. The van der Waals surface area contributed by atoms with Crippen LogP contribution in [0.3, 0.4) is 0 Å². The molecule has 0 amide bonds. The van der Waals surface area contributed by atoms with E-state index in [0.29, 0.717) is 5.41 Å². The molecule has 5 atom stereocenters. The Labute approximate surface area is 118 Å². The van der Waals surface area contributed by atoms with E-state index < -0.39 is 0 Å². The summed E-state index contributed by atoms with van der Waals surface area (Å²) in [5.41, 5.74) is 9.35. The molecule has 19 heavy (non-hydrogen) atoms. The molecule has 0 bridgehead atoms. The maximum atomic E-state index is 6.76. The van der Waals surface area contributed by atoms with Gasteiger partial charge in [0.2, 0.25) is 0 Å². The number of rotatable bonds is 0. The van der Waals surface area contributed by atoms with E-state index in [1.165, 1.54) is 64.2 Å². The molecule has 1 nitrogen and oxygen atoms in total. The molecule has 4 aliphatic carbocycles. The van der Waals surface area contributed by atoms with E-state index in [4.69, 9.17) is 5.73 Å². The molecule has 0 heterocycles. The third-order valence-corrected chi connectivity index (χ3v) is 7.43. The Morgan fingerprint density at radius 2 is 1.95 bits per heavy atom. The maximum absolute atomic E-state index is 6.76. The van der Waals surface area contributed by atoms with Gasteiger partial charge in [0.25, 0.3) is 0 Å². The van der Waals surface area contributed by atoms with Gasteiger partial charge < -0.3 is 5.73 Å². The summed E-state index contributed by atoms with van der Waals surface area (Å²) >= 11 is 0. The molecule has 4 aliphatic rings. The van der Waals surface area contributed by atoms with E-state index in [0.717, 1.165) is 17.8 Å². The molecular formula is C18H29N. The lowest BCUT2D eigenvalue weighted by Crippen LogP contribution is -2.55. The first-order valence-corrected chi connectivity index (χ1v) is 8.62. The average Bonchev–Trinajstić information content (AvgIpc) is 2.79. The predicted molar refractivity (Wildman–Crippen MR) is 79.7 cm³/mol. The van der Waals surface area contributed by atoms with Gasteiger partial charge in [-0.2, -0.15) is 0 Å². The normalized spacial score (nSPS) is 52.9. The largest absolute Gasteiger partial charge is 0.325 e. The third kappa shape index (κ3) is 1.63. The standard InChI is InChI=1S/C18H29N/c1-17-10-3-2-5-13(17)7-8-14-15(17)9-12-18(19)11-4-6-16(14)18/h7,14-16H,2-6,8-12,19H2,1H3/t14-,15+,16+,17+,18-/m1/s1. The Morgan fingerprint density at radius 3 is 2.84 bits per heavy atom. The van der Waals surface area contributed by atoms with Gasteiger partial charge in [0, 0.05) is 5.54 Å². The van der Waals surface area contributed by atoms with Crippen LogP contribution in [0.1, 0.15) is 71.1 Å². The number of nitrogens with two attached hydrogens (primary N) is 1. The lowest BCUT2D eigenvalue weighted by atomic mass is 9.49. The molecule has 106 valence electrons. The number of hydrogen-bond donors (Lipinski definition) is 1. The van der Waals surface area contributed by atoms with Crippen LogP contribution in [-0.2, 0) is 0 Å². The van der Waals surface area contributed by atoms with Crippen LogP contribution < -0.4 is 5.73 Å². The highest BCUT2D eigenvalue weighted by Crippen LogP contribution is 2.61. The Bertz CT molecular complexity index is 412. The Morgan fingerprint density at radius 1 is 1.05 bits per heavy atom. The molecule has 4 rings (SSSR count). The van der Waals surface area contributed by atoms with Crippen molar-refractivity contribution in [3.8, 4) is 0 Å². The van der Waals surface area contributed by atoms with E-state index in [2.05, 4.69) is 13.0 Å². The van der Waals surface area contributed by atoms with Gasteiger partial charge in [0.1, 0.15) is 0 Å². The summed E-state index contributed by atoms with van der Waals surface area (Å²) in [6, 6.07) is 0. The van der Waals surface area contributed by atoms with Crippen molar-refractivity contribution in [2.75, 3.05) is 0 Å². The minimum Gasteiger partial charge on any atom is -0.325 e. The first kappa shape index (κ1) is 12.4. The topological polar surface area (TPSA) is 26.0 Å². The highest BCUT2D eigenvalue weighted by atomic mass is 14.8. The van der Waals surface area contributed by atoms with Crippen molar-refractivity contribution in [1.82, 2.24) is 0 Å². The fourth-order valence-corrected chi connectivity index (χ4v) is 6.40. The van der Waals surface area contributed by atoms with E-state index in [1.807, 2.05) is 5.57 Å². The third-order valence-electron chi connectivity index (χ3n) is 7.43. The van der Waals surface area contributed by atoms with Crippen LogP contribution in [0.4, 0.5) is 0 Å². The molecule has 3 fully saturated rings. The van der Waals surface area contributed by atoms with Crippen LogP contribution in [0.25, 0.3) is 0 Å². The van der Waals surface area contributed by atoms with Crippen molar-refractivity contribution in [2.24, 2.45) is 28.9 Å². The zero-order chi connectivity index (χ0) is 13.1. The summed E-state index contributed by atoms with van der Waals surface area (Å²) in [7, 11) is 0. The molecule has 0 aliphatic heterocycles. The fraction of sp³-hybridized carbons (Fsp3) is 0.889. The van der Waals surface area contributed by atoms with Gasteiger partial charge in [0.15, 0.2) is 0 Å². The summed E-state index contributed by atoms with van der Waals surface area (Å²) < 4.78 is 0. The number of hydrogen-bond acceptors (Lipinski definition) is 1. The highest BCUT2D eigenvalue weighted by molar-refractivity contribution is 5.24. The maximum Gasteiger partial charge on any atom is 0.0185 e. The molecule has 0 aromatic rings. The van der Waals surface area contributed by atoms with E-state index >= 15 is 0 Å². The van der Waals surface area contributed by atoms with Crippen molar-refractivity contribution >= 4 is 0 Å². The molecule has 3 saturated carbocycles. The molecule has 0 aromatic carbocycles. The minimum atomic E-state index is 0.220. The van der Waals surface area contributed by atoms with Crippen molar-refractivity contribution in [3.05, 3.63) is 11.6 Å². The summed E-state index contributed by atoms with van der Waals surface area (Å²) in [4.78, 5) is 0. The predicted octanol–water partition coefficient (Wildman–Crippen LogP) is 4.42. The number of allylic oxidation sites excluding steroid dienone is 2. The Hall–Kier alpha value is -0.300. The summed E-state index contributed by atoms with van der Waals surface area (Å²) in [5.74, 6) is 2.70. The quantitative estimate of drug-likeness (QED) is 0.640. The zero-order valence-electron chi connectivity index (χ0n) is 12.5. The van der Waals surface area contributed by atoms with Crippen molar-refractivity contribution < 1.29 is 0 Å². The molecule has 0 spiro atoms. The van der Waals surface area contributed by atoms with Gasteiger partial charge in [-0.1, -0.05) is 31.4 Å². The fourth-order valence-electron chi connectivity index (χ4n) is 6.40. The van der Waals surface area contributed by atoms with Crippen LogP contribution in [0.5, 0.6) is 0 Å². The first-order valence-electron chi connectivity index (χ1n) is 8.62.